The molecule has 3 N–H and O–H groups in total. The Bertz CT molecular complexity index is 1130. The lowest BCUT2D eigenvalue weighted by Crippen LogP contribution is -2.12. The molecule has 1 aliphatic rings. The number of carbonyl (C=O) groups excluding carboxylic acids is 1. The van der Waals surface area contributed by atoms with Crippen molar-refractivity contribution in [2.45, 2.75) is 19.3 Å². The molecule has 0 unspecified atom stereocenters. The maximum Gasteiger partial charge on any atom is 0.270 e. The molecule has 28 heavy (non-hydrogen) atoms. The lowest BCUT2D eigenvalue weighted by molar-refractivity contribution is -0.384. The molecule has 0 saturated carbocycles. The van der Waals surface area contributed by atoms with E-state index in [-0.39, 0.29) is 22.8 Å². The Kier molecular flexibility index (Phi) is 4.44. The number of fused-ring (bicyclic) bond motifs is 1. The number of furan rings is 1. The monoisotopic (exact) mass is 397 g/mol. The van der Waals surface area contributed by atoms with Crippen LogP contribution < -0.4 is 5.73 Å². The van der Waals surface area contributed by atoms with Crippen LogP contribution in [0, 0.1) is 10.1 Å². The van der Waals surface area contributed by atoms with E-state index < -0.39 is 10.8 Å². The summed E-state index contributed by atoms with van der Waals surface area (Å²) in [6.45, 7) is 0. The topological polar surface area (TPSA) is 132 Å². The fourth-order valence-electron chi connectivity index (χ4n) is 3.26. The molecule has 4 rings (SSSR count). The third-order valence-electron chi connectivity index (χ3n) is 4.54. The average molecular weight is 397 g/mol. The summed E-state index contributed by atoms with van der Waals surface area (Å²) in [5, 5.41) is 21.5. The summed E-state index contributed by atoms with van der Waals surface area (Å²) in [6.07, 6.45) is 4.23. The van der Waals surface area contributed by atoms with Crippen LogP contribution in [-0.2, 0) is 12.8 Å². The van der Waals surface area contributed by atoms with Gasteiger partial charge in [0.15, 0.2) is 0 Å². The number of nitrogens with two attached hydrogens (primary N) is 1. The molecular weight excluding hydrogens is 382 g/mol. The Hall–Kier alpha value is -3.46. The van der Waals surface area contributed by atoms with Crippen LogP contribution in [0.4, 0.5) is 10.7 Å². The smallest absolute Gasteiger partial charge is 0.270 e. The maximum absolute atomic E-state index is 11.8. The average Bonchev–Trinajstić information content (AvgIpc) is 3.35. The number of nitrogens with zero attached hydrogens (tertiary/aromatic N) is 2. The highest BCUT2D eigenvalue weighted by Gasteiger charge is 2.25. The molecule has 0 spiro atoms. The Morgan fingerprint density at radius 1 is 1.32 bits per heavy atom. The van der Waals surface area contributed by atoms with Crippen LogP contribution in [0.15, 0.2) is 39.7 Å². The number of aliphatic imine (C=N–C) groups is 1. The van der Waals surface area contributed by atoms with Crippen molar-refractivity contribution in [2.75, 3.05) is 0 Å². The zero-order valence-electron chi connectivity index (χ0n) is 14.5. The van der Waals surface area contributed by atoms with E-state index >= 15 is 0 Å². The molecular formula is C19H15N3O5S. The fraction of sp³-hybridized carbons (Fsp3) is 0.158. The van der Waals surface area contributed by atoms with E-state index in [0.29, 0.717) is 16.3 Å². The van der Waals surface area contributed by atoms with E-state index in [1.54, 1.807) is 12.1 Å². The third-order valence-corrected chi connectivity index (χ3v) is 5.74. The molecule has 2 heterocycles. The maximum atomic E-state index is 11.8. The van der Waals surface area contributed by atoms with Crippen LogP contribution in [0.2, 0.25) is 0 Å². The van der Waals surface area contributed by atoms with Crippen LogP contribution in [0.1, 0.15) is 33.0 Å². The summed E-state index contributed by atoms with van der Waals surface area (Å²) in [6, 6.07) is 6.91. The van der Waals surface area contributed by atoms with Crippen molar-refractivity contribution in [3.63, 3.8) is 0 Å². The van der Waals surface area contributed by atoms with Gasteiger partial charge in [0.05, 0.1) is 22.3 Å². The molecule has 9 heteroatoms. The molecule has 0 saturated heterocycles. The molecule has 142 valence electrons. The second-order valence-electron chi connectivity index (χ2n) is 6.32. The van der Waals surface area contributed by atoms with Crippen molar-refractivity contribution in [2.24, 2.45) is 10.7 Å². The lowest BCUT2D eigenvalue weighted by Gasteiger charge is -2.01. The predicted octanol–water partition coefficient (Wildman–Crippen LogP) is 3.96. The number of carbonyl (C=O) groups is 1. The number of phenols is 1. The predicted molar refractivity (Wildman–Crippen MR) is 105 cm³/mol. The molecule has 0 bridgehead atoms. The molecule has 1 aromatic carbocycles. The number of non-ortho nitro benzene ring substituents is 1. The zero-order chi connectivity index (χ0) is 19.8. The number of rotatable bonds is 5. The number of aromatic hydroxyl groups is 1. The van der Waals surface area contributed by atoms with Gasteiger partial charge in [-0.25, -0.2) is 4.99 Å². The number of hydrogen-bond donors (Lipinski definition) is 2. The van der Waals surface area contributed by atoms with E-state index in [1.807, 2.05) is 0 Å². The number of thiophene rings is 1. The molecule has 0 radical (unpaired) electrons. The molecule has 0 aliphatic heterocycles. The number of hydrogen-bond acceptors (Lipinski definition) is 7. The Labute approximate surface area is 163 Å². The van der Waals surface area contributed by atoms with Gasteiger partial charge < -0.3 is 15.3 Å². The molecule has 1 amide bonds. The van der Waals surface area contributed by atoms with Gasteiger partial charge in [-0.15, -0.1) is 11.3 Å². The van der Waals surface area contributed by atoms with Crippen molar-refractivity contribution < 1.29 is 19.2 Å². The minimum atomic E-state index is -0.546. The van der Waals surface area contributed by atoms with Crippen LogP contribution in [-0.4, -0.2) is 22.2 Å². The summed E-state index contributed by atoms with van der Waals surface area (Å²) in [5.41, 5.74) is 7.04. The Morgan fingerprint density at radius 2 is 2.14 bits per heavy atom. The number of phenolic OH excluding ortho intramolecular Hbond substituents is 1. The van der Waals surface area contributed by atoms with Crippen molar-refractivity contribution in [3.05, 3.63) is 62.2 Å². The standard InChI is InChI=1S/C19H15N3O5S/c20-18(24)17-12-2-1-3-16(12)28-19(17)21-9-11-5-7-15(27-11)13-8-10(22(25)26)4-6-14(13)23/h4-9,23H,1-3H2,(H2,20,24)/b21-9+. The van der Waals surface area contributed by atoms with Crippen LogP contribution >= 0.6 is 11.3 Å². The van der Waals surface area contributed by atoms with Gasteiger partial charge in [-0.2, -0.15) is 0 Å². The van der Waals surface area contributed by atoms with Crippen LogP contribution in [0.3, 0.4) is 0 Å². The van der Waals surface area contributed by atoms with Crippen LogP contribution in [0.25, 0.3) is 11.3 Å². The SMILES string of the molecule is NC(=O)c1c(/N=C/c2ccc(-c3cc([N+](=O)[O-])ccc3O)o2)sc2c1CCC2. The number of benzene rings is 1. The summed E-state index contributed by atoms with van der Waals surface area (Å²) in [5.74, 6) is 0.0265. The second kappa shape index (κ2) is 6.93. The van der Waals surface area contributed by atoms with Gasteiger partial charge in [-0.1, -0.05) is 0 Å². The first-order valence-electron chi connectivity index (χ1n) is 8.50. The Morgan fingerprint density at radius 3 is 2.89 bits per heavy atom. The van der Waals surface area contributed by atoms with Crippen molar-refractivity contribution >= 4 is 34.1 Å². The summed E-state index contributed by atoms with van der Waals surface area (Å²) in [4.78, 5) is 27.7. The first-order chi connectivity index (χ1) is 13.4. The van der Waals surface area contributed by atoms with E-state index in [9.17, 15) is 20.0 Å². The molecule has 0 atom stereocenters. The fourth-order valence-corrected chi connectivity index (χ4v) is 4.50. The van der Waals surface area contributed by atoms with Gasteiger partial charge in [0.25, 0.3) is 11.6 Å². The van der Waals surface area contributed by atoms with Gasteiger partial charge >= 0.3 is 0 Å². The van der Waals surface area contributed by atoms with Gasteiger partial charge in [-0.3, -0.25) is 14.9 Å². The van der Waals surface area contributed by atoms with Crippen molar-refractivity contribution in [1.29, 1.82) is 0 Å². The first kappa shape index (κ1) is 17.9. The Balaban J connectivity index is 1.64. The van der Waals surface area contributed by atoms with Gasteiger partial charge in [0, 0.05) is 17.0 Å². The summed E-state index contributed by atoms with van der Waals surface area (Å²) >= 11 is 1.45. The van der Waals surface area contributed by atoms with E-state index in [2.05, 4.69) is 4.99 Å². The lowest BCUT2D eigenvalue weighted by atomic mass is 10.1. The number of amides is 1. The highest BCUT2D eigenvalue weighted by molar-refractivity contribution is 7.16. The minimum absolute atomic E-state index is 0.130. The number of nitro groups is 1. The number of nitro benzene ring substituents is 1. The molecule has 1 aliphatic carbocycles. The van der Waals surface area contributed by atoms with Gasteiger partial charge in [0.1, 0.15) is 22.3 Å². The molecule has 8 nitrogen and oxygen atoms in total. The van der Waals surface area contributed by atoms with Crippen LogP contribution in [0.5, 0.6) is 5.75 Å². The number of aryl methyl sites for hydroxylation is 1. The highest BCUT2D eigenvalue weighted by atomic mass is 32.1. The first-order valence-corrected chi connectivity index (χ1v) is 9.31. The minimum Gasteiger partial charge on any atom is -0.507 e. The van der Waals surface area contributed by atoms with Crippen molar-refractivity contribution in [1.82, 2.24) is 0 Å². The zero-order valence-corrected chi connectivity index (χ0v) is 15.4. The quantitative estimate of drug-likeness (QED) is 0.382. The summed E-state index contributed by atoms with van der Waals surface area (Å²) in [7, 11) is 0. The largest absolute Gasteiger partial charge is 0.507 e. The summed E-state index contributed by atoms with van der Waals surface area (Å²) < 4.78 is 5.64. The van der Waals surface area contributed by atoms with Crippen molar-refractivity contribution in [3.8, 4) is 17.1 Å². The van der Waals surface area contributed by atoms with E-state index in [4.69, 9.17) is 10.2 Å². The third kappa shape index (κ3) is 3.16. The van der Waals surface area contributed by atoms with E-state index in [1.165, 1.54) is 35.8 Å². The van der Waals surface area contributed by atoms with E-state index in [0.717, 1.165) is 29.7 Å². The number of primary amides is 1. The molecule has 3 aromatic rings. The van der Waals surface area contributed by atoms with Gasteiger partial charge in [0.2, 0.25) is 0 Å². The molecule has 2 aromatic heterocycles. The highest BCUT2D eigenvalue weighted by Crippen LogP contribution is 2.40. The van der Waals surface area contributed by atoms with Gasteiger partial charge in [-0.05, 0) is 43.0 Å². The second-order valence-corrected chi connectivity index (χ2v) is 7.40. The molecule has 0 fully saturated rings. The normalized spacial score (nSPS) is 13.1.